The van der Waals surface area contributed by atoms with E-state index in [9.17, 15) is 4.39 Å². The summed E-state index contributed by atoms with van der Waals surface area (Å²) in [6, 6.07) is 12.0. The molecule has 6 nitrogen and oxygen atoms in total. The fourth-order valence-electron chi connectivity index (χ4n) is 2.91. The van der Waals surface area contributed by atoms with Gasteiger partial charge in [-0.05, 0) is 54.0 Å². The van der Waals surface area contributed by atoms with Gasteiger partial charge in [0.15, 0.2) is 17.3 Å². The Hall–Kier alpha value is -3.61. The van der Waals surface area contributed by atoms with E-state index in [0.29, 0.717) is 29.6 Å². The fraction of sp³-hybridized carbons (Fsp3) is 0.217. The number of nitrogens with one attached hydrogen (secondary N) is 1. The van der Waals surface area contributed by atoms with Gasteiger partial charge < -0.3 is 19.5 Å². The van der Waals surface area contributed by atoms with Crippen molar-refractivity contribution in [3.05, 3.63) is 71.4 Å². The highest BCUT2D eigenvalue weighted by Gasteiger charge is 2.12. The summed E-state index contributed by atoms with van der Waals surface area (Å²) in [6.45, 7) is 0.679. The molecule has 0 atom stereocenters. The second kappa shape index (κ2) is 10.2. The lowest BCUT2D eigenvalue weighted by molar-refractivity contribution is 0.324. The van der Waals surface area contributed by atoms with Crippen molar-refractivity contribution in [1.82, 2.24) is 9.97 Å². The van der Waals surface area contributed by atoms with Gasteiger partial charge in [0.05, 0.1) is 21.3 Å². The van der Waals surface area contributed by atoms with E-state index in [0.717, 1.165) is 23.4 Å². The van der Waals surface area contributed by atoms with Crippen LogP contribution < -0.4 is 19.5 Å². The molecule has 0 fully saturated rings. The minimum absolute atomic E-state index is 0.231. The van der Waals surface area contributed by atoms with Crippen LogP contribution in [-0.4, -0.2) is 37.8 Å². The summed E-state index contributed by atoms with van der Waals surface area (Å²) in [5.41, 5.74) is 1.92. The van der Waals surface area contributed by atoms with Crippen LogP contribution in [0.4, 0.5) is 10.2 Å². The zero-order valence-electron chi connectivity index (χ0n) is 17.2. The molecule has 0 radical (unpaired) electrons. The van der Waals surface area contributed by atoms with Crippen LogP contribution in [0.1, 0.15) is 17.0 Å². The van der Waals surface area contributed by atoms with Crippen LogP contribution >= 0.6 is 0 Å². The molecule has 30 heavy (non-hydrogen) atoms. The summed E-state index contributed by atoms with van der Waals surface area (Å²) in [6.07, 6.45) is 6.15. The fourth-order valence-corrected chi connectivity index (χ4v) is 2.91. The molecule has 0 aliphatic heterocycles. The third-order valence-electron chi connectivity index (χ3n) is 4.42. The first-order chi connectivity index (χ1) is 14.6. The number of anilines is 1. The van der Waals surface area contributed by atoms with E-state index in [2.05, 4.69) is 15.3 Å². The van der Waals surface area contributed by atoms with Gasteiger partial charge in [-0.2, -0.15) is 0 Å². The number of rotatable bonds is 9. The summed E-state index contributed by atoms with van der Waals surface area (Å²) < 4.78 is 29.1. The van der Waals surface area contributed by atoms with Crippen LogP contribution in [0, 0.1) is 5.82 Å². The van der Waals surface area contributed by atoms with Crippen molar-refractivity contribution in [2.75, 3.05) is 33.2 Å². The molecule has 0 unspecified atom stereocenters. The molecule has 2 aromatic carbocycles. The van der Waals surface area contributed by atoms with E-state index in [-0.39, 0.29) is 5.82 Å². The number of methoxy groups -OCH3 is 3. The maximum atomic E-state index is 13.0. The van der Waals surface area contributed by atoms with Crippen molar-refractivity contribution in [2.45, 2.75) is 6.42 Å². The zero-order chi connectivity index (χ0) is 21.3. The van der Waals surface area contributed by atoms with Crippen LogP contribution in [0.5, 0.6) is 17.2 Å². The number of benzene rings is 2. The summed E-state index contributed by atoms with van der Waals surface area (Å²) in [7, 11) is 4.72. The second-order valence-corrected chi connectivity index (χ2v) is 6.40. The molecule has 1 N–H and O–H groups in total. The predicted molar refractivity (Wildman–Crippen MR) is 116 cm³/mol. The van der Waals surface area contributed by atoms with Crippen molar-refractivity contribution in [3.63, 3.8) is 0 Å². The number of hydrogen-bond acceptors (Lipinski definition) is 6. The molecule has 1 heterocycles. The number of ether oxygens (including phenoxy) is 3. The SMILES string of the molecule is COc1cc(/C=C/c2nccc(NCCc3ccc(F)cc3)n2)cc(OC)c1OC. The molecule has 0 spiro atoms. The highest BCUT2D eigenvalue weighted by molar-refractivity contribution is 5.71. The summed E-state index contributed by atoms with van der Waals surface area (Å²) in [5, 5.41) is 3.26. The van der Waals surface area contributed by atoms with Crippen molar-refractivity contribution in [2.24, 2.45) is 0 Å². The lowest BCUT2D eigenvalue weighted by Gasteiger charge is -2.12. The number of hydrogen-bond donors (Lipinski definition) is 1. The van der Waals surface area contributed by atoms with Gasteiger partial charge in [-0.25, -0.2) is 14.4 Å². The molecule has 0 aliphatic rings. The Bertz CT molecular complexity index is 982. The molecule has 0 saturated heterocycles. The highest BCUT2D eigenvalue weighted by Crippen LogP contribution is 2.38. The smallest absolute Gasteiger partial charge is 0.203 e. The number of aromatic nitrogens is 2. The second-order valence-electron chi connectivity index (χ2n) is 6.40. The first-order valence-corrected chi connectivity index (χ1v) is 9.42. The van der Waals surface area contributed by atoms with Gasteiger partial charge in [0.25, 0.3) is 0 Å². The van der Waals surface area contributed by atoms with E-state index in [1.54, 1.807) is 45.7 Å². The molecule has 3 rings (SSSR count). The Labute approximate surface area is 175 Å². The number of halogens is 1. The maximum absolute atomic E-state index is 13.0. The largest absolute Gasteiger partial charge is 0.493 e. The van der Waals surface area contributed by atoms with Crippen molar-refractivity contribution < 1.29 is 18.6 Å². The van der Waals surface area contributed by atoms with Crippen molar-refractivity contribution >= 4 is 18.0 Å². The molecule has 0 saturated carbocycles. The van der Waals surface area contributed by atoms with E-state index >= 15 is 0 Å². The van der Waals surface area contributed by atoms with Gasteiger partial charge in [-0.3, -0.25) is 0 Å². The Balaban J connectivity index is 1.67. The van der Waals surface area contributed by atoms with E-state index in [4.69, 9.17) is 14.2 Å². The molecule has 1 aromatic heterocycles. The van der Waals surface area contributed by atoms with Crippen LogP contribution in [0.3, 0.4) is 0 Å². The summed E-state index contributed by atoms with van der Waals surface area (Å²) in [4.78, 5) is 8.78. The molecule has 0 aliphatic carbocycles. The predicted octanol–water partition coefficient (Wildman–Crippen LogP) is 4.47. The van der Waals surface area contributed by atoms with Crippen LogP contribution in [0.25, 0.3) is 12.2 Å². The molecule has 0 bridgehead atoms. The van der Waals surface area contributed by atoms with Gasteiger partial charge in [0, 0.05) is 12.7 Å². The normalized spacial score (nSPS) is 10.8. The molecule has 0 amide bonds. The number of nitrogens with zero attached hydrogens (tertiary/aromatic N) is 2. The van der Waals surface area contributed by atoms with E-state index in [1.807, 2.05) is 24.3 Å². The molecule has 156 valence electrons. The van der Waals surface area contributed by atoms with Gasteiger partial charge in [0.2, 0.25) is 5.75 Å². The Morgan fingerprint density at radius 3 is 2.27 bits per heavy atom. The van der Waals surface area contributed by atoms with Crippen LogP contribution in [0.2, 0.25) is 0 Å². The quantitative estimate of drug-likeness (QED) is 0.563. The minimum Gasteiger partial charge on any atom is -0.493 e. The standard InChI is InChI=1S/C23H24FN3O3/c1-28-19-14-17(15-20(29-2)23(19)30-3)6-9-21-26-13-11-22(27-21)25-12-10-16-4-7-18(24)8-5-16/h4-9,11,13-15H,10,12H2,1-3H3,(H,25,26,27)/b9-6+. The molecular weight excluding hydrogens is 385 g/mol. The summed E-state index contributed by atoms with van der Waals surface area (Å²) >= 11 is 0. The average Bonchev–Trinajstić information content (AvgIpc) is 2.78. The highest BCUT2D eigenvalue weighted by atomic mass is 19.1. The summed E-state index contributed by atoms with van der Waals surface area (Å²) in [5.74, 6) is 2.75. The Morgan fingerprint density at radius 2 is 1.63 bits per heavy atom. The van der Waals surface area contributed by atoms with Gasteiger partial charge in [-0.1, -0.05) is 18.2 Å². The lowest BCUT2D eigenvalue weighted by atomic mass is 10.1. The third kappa shape index (κ3) is 5.47. The maximum Gasteiger partial charge on any atom is 0.203 e. The van der Waals surface area contributed by atoms with Gasteiger partial charge >= 0.3 is 0 Å². The zero-order valence-corrected chi connectivity index (χ0v) is 17.2. The average molecular weight is 409 g/mol. The first-order valence-electron chi connectivity index (χ1n) is 9.42. The van der Waals surface area contributed by atoms with Crippen molar-refractivity contribution in [1.29, 1.82) is 0 Å². The molecular formula is C23H24FN3O3. The van der Waals surface area contributed by atoms with E-state index < -0.39 is 0 Å². The first kappa shape index (κ1) is 21.1. The van der Waals surface area contributed by atoms with Crippen LogP contribution in [-0.2, 0) is 6.42 Å². The lowest BCUT2D eigenvalue weighted by Crippen LogP contribution is -2.07. The van der Waals surface area contributed by atoms with Crippen LogP contribution in [0.15, 0.2) is 48.7 Å². The minimum atomic E-state index is -0.231. The van der Waals surface area contributed by atoms with Gasteiger partial charge in [0.1, 0.15) is 11.6 Å². The van der Waals surface area contributed by atoms with Gasteiger partial charge in [-0.15, -0.1) is 0 Å². The van der Waals surface area contributed by atoms with Crippen molar-refractivity contribution in [3.8, 4) is 17.2 Å². The van der Waals surface area contributed by atoms with E-state index in [1.165, 1.54) is 12.1 Å². The third-order valence-corrected chi connectivity index (χ3v) is 4.42. The Kier molecular flexibility index (Phi) is 7.21. The molecule has 3 aromatic rings. The topological polar surface area (TPSA) is 65.5 Å². The Morgan fingerprint density at radius 1 is 0.933 bits per heavy atom. The molecule has 7 heteroatoms. The monoisotopic (exact) mass is 409 g/mol.